The molecule has 0 N–H and O–H groups in total. The number of ketones is 1. The van der Waals surface area contributed by atoms with Crippen LogP contribution in [0.5, 0.6) is 0 Å². The third-order valence-electron chi connectivity index (χ3n) is 5.43. The van der Waals surface area contributed by atoms with Crippen LogP contribution in [0.15, 0.2) is 102 Å². The lowest BCUT2D eigenvalue weighted by Crippen LogP contribution is -2.17. The first-order valence-corrected chi connectivity index (χ1v) is 10.0. The third kappa shape index (κ3) is 4.17. The van der Waals surface area contributed by atoms with Gasteiger partial charge in [0.05, 0.1) is 11.6 Å². The molecule has 3 aromatic rings. The van der Waals surface area contributed by atoms with Crippen LogP contribution in [-0.4, -0.2) is 5.78 Å². The lowest BCUT2D eigenvalue weighted by molar-refractivity contribution is 0.102. The highest BCUT2D eigenvalue weighted by molar-refractivity contribution is 6.08. The molecule has 0 aliphatic carbocycles. The monoisotopic (exact) mass is 409 g/mol. The van der Waals surface area contributed by atoms with Crippen LogP contribution in [0.3, 0.4) is 0 Å². The van der Waals surface area contributed by atoms with Gasteiger partial charge in [0.1, 0.15) is 17.3 Å². The largest absolute Gasteiger partial charge is 0.460 e. The van der Waals surface area contributed by atoms with Crippen LogP contribution >= 0.6 is 0 Å². The number of ether oxygens (including phenoxy) is 1. The molecule has 0 spiro atoms. The van der Waals surface area contributed by atoms with E-state index in [4.69, 9.17) is 4.74 Å². The molecule has 0 radical (unpaired) electrons. The standard InChI is InChI=1S/C27H20FNO2/c1-18(26(30)20-8-4-2-5-9-20)25-16-23(19-12-14-22(28)15-13-19)24(17-29)27(31-25)21-10-6-3-7-11-21/h2-15,23H,16H2,1H3/b25-18+/t23-/m1/s1. The molecule has 1 heterocycles. The number of nitrogens with zero attached hydrogens (tertiary/aromatic N) is 1. The van der Waals surface area contributed by atoms with E-state index in [2.05, 4.69) is 6.07 Å². The molecule has 3 nitrogen and oxygen atoms in total. The summed E-state index contributed by atoms with van der Waals surface area (Å²) in [4.78, 5) is 13.1. The predicted molar refractivity (Wildman–Crippen MR) is 117 cm³/mol. The molecule has 31 heavy (non-hydrogen) atoms. The lowest BCUT2D eigenvalue weighted by atomic mass is 9.83. The SMILES string of the molecule is C/C(C(=O)c1ccccc1)=C1/C[C@H](c2ccc(F)cc2)C(C#N)=C(c2ccccc2)O1. The summed E-state index contributed by atoms with van der Waals surface area (Å²) in [6.45, 7) is 1.74. The number of allylic oxidation sites excluding steroid dienone is 3. The summed E-state index contributed by atoms with van der Waals surface area (Å²) in [5, 5.41) is 9.98. The first-order chi connectivity index (χ1) is 15.1. The van der Waals surface area contributed by atoms with Gasteiger partial charge in [-0.25, -0.2) is 4.39 Å². The smallest absolute Gasteiger partial charge is 0.192 e. The van der Waals surface area contributed by atoms with Gasteiger partial charge in [0.15, 0.2) is 5.78 Å². The quantitative estimate of drug-likeness (QED) is 0.369. The summed E-state index contributed by atoms with van der Waals surface area (Å²) in [5.74, 6) is 0.136. The van der Waals surface area contributed by atoms with Gasteiger partial charge in [0.25, 0.3) is 0 Å². The maximum absolute atomic E-state index is 13.5. The maximum atomic E-state index is 13.5. The number of halogens is 1. The Labute approximate surface area is 180 Å². The van der Waals surface area contributed by atoms with Crippen molar-refractivity contribution in [1.29, 1.82) is 5.26 Å². The minimum Gasteiger partial charge on any atom is -0.460 e. The maximum Gasteiger partial charge on any atom is 0.192 e. The molecule has 3 aromatic carbocycles. The molecular formula is C27H20FNO2. The summed E-state index contributed by atoms with van der Waals surface area (Å²) in [6, 6.07) is 26.8. The molecule has 1 aliphatic heterocycles. The Hall–Kier alpha value is -3.97. The van der Waals surface area contributed by atoms with Crippen LogP contribution in [0.1, 0.15) is 40.7 Å². The highest BCUT2D eigenvalue weighted by Crippen LogP contribution is 2.43. The fourth-order valence-corrected chi connectivity index (χ4v) is 3.74. The van der Waals surface area contributed by atoms with Gasteiger partial charge in [0, 0.05) is 29.0 Å². The van der Waals surface area contributed by atoms with E-state index < -0.39 is 0 Å². The van der Waals surface area contributed by atoms with Crippen molar-refractivity contribution in [3.63, 3.8) is 0 Å². The van der Waals surface area contributed by atoms with Gasteiger partial charge in [-0.05, 0) is 24.6 Å². The Bertz CT molecular complexity index is 1200. The van der Waals surface area contributed by atoms with E-state index in [9.17, 15) is 14.4 Å². The lowest BCUT2D eigenvalue weighted by Gasteiger charge is -2.29. The summed E-state index contributed by atoms with van der Waals surface area (Å²) in [5.41, 5.74) is 3.08. The molecule has 4 rings (SSSR count). The molecule has 4 heteroatoms. The Morgan fingerprint density at radius 2 is 1.58 bits per heavy atom. The number of rotatable bonds is 4. The van der Waals surface area contributed by atoms with Gasteiger partial charge in [-0.3, -0.25) is 4.79 Å². The molecule has 0 unspecified atom stereocenters. The van der Waals surface area contributed by atoms with Gasteiger partial charge in [-0.1, -0.05) is 72.8 Å². The topological polar surface area (TPSA) is 50.1 Å². The van der Waals surface area contributed by atoms with Crippen molar-refractivity contribution in [1.82, 2.24) is 0 Å². The van der Waals surface area contributed by atoms with Crippen LogP contribution in [0, 0.1) is 17.1 Å². The van der Waals surface area contributed by atoms with Crippen LogP contribution in [0.25, 0.3) is 5.76 Å². The Morgan fingerprint density at radius 1 is 0.968 bits per heavy atom. The normalized spacial score (nSPS) is 17.5. The molecule has 0 bridgehead atoms. The second kappa shape index (κ2) is 8.81. The number of Topliss-reactive ketones (excluding diaryl/α,β-unsaturated/α-hetero) is 1. The van der Waals surface area contributed by atoms with Crippen molar-refractivity contribution < 1.29 is 13.9 Å². The zero-order chi connectivity index (χ0) is 21.8. The van der Waals surface area contributed by atoms with Crippen LogP contribution < -0.4 is 0 Å². The summed E-state index contributed by atoms with van der Waals surface area (Å²) in [7, 11) is 0. The number of nitriles is 1. The van der Waals surface area contributed by atoms with Crippen molar-refractivity contribution in [3.05, 3.63) is 124 Å². The Balaban J connectivity index is 1.85. The molecular weight excluding hydrogens is 389 g/mol. The average Bonchev–Trinajstić information content (AvgIpc) is 2.84. The van der Waals surface area contributed by atoms with Gasteiger partial charge < -0.3 is 4.74 Å². The molecule has 152 valence electrons. The average molecular weight is 409 g/mol. The molecule has 1 atom stereocenters. The van der Waals surface area contributed by atoms with E-state index in [-0.39, 0.29) is 17.5 Å². The van der Waals surface area contributed by atoms with Crippen molar-refractivity contribution >= 4 is 11.5 Å². The fourth-order valence-electron chi connectivity index (χ4n) is 3.74. The number of hydrogen-bond donors (Lipinski definition) is 0. The first-order valence-electron chi connectivity index (χ1n) is 10.0. The minimum atomic E-state index is -0.344. The van der Waals surface area contributed by atoms with Crippen molar-refractivity contribution in [2.45, 2.75) is 19.3 Å². The summed E-state index contributed by atoms with van der Waals surface area (Å²) in [6.07, 6.45) is 0.343. The molecule has 1 aliphatic rings. The van der Waals surface area contributed by atoms with Crippen LogP contribution in [-0.2, 0) is 4.74 Å². The number of benzene rings is 3. The summed E-state index contributed by atoms with van der Waals surface area (Å²) < 4.78 is 19.7. The summed E-state index contributed by atoms with van der Waals surface area (Å²) >= 11 is 0. The van der Waals surface area contributed by atoms with Crippen molar-refractivity contribution in [2.24, 2.45) is 0 Å². The second-order valence-electron chi connectivity index (χ2n) is 7.37. The number of carbonyl (C=O) groups excluding carboxylic acids is 1. The van der Waals surface area contributed by atoms with Gasteiger partial charge in [-0.15, -0.1) is 0 Å². The van der Waals surface area contributed by atoms with Crippen molar-refractivity contribution in [2.75, 3.05) is 0 Å². The van der Waals surface area contributed by atoms with Gasteiger partial charge in [0.2, 0.25) is 0 Å². The van der Waals surface area contributed by atoms with E-state index in [1.54, 1.807) is 31.2 Å². The predicted octanol–water partition coefficient (Wildman–Crippen LogP) is 6.42. The van der Waals surface area contributed by atoms with E-state index in [1.807, 2.05) is 48.5 Å². The molecule has 0 aromatic heterocycles. The van der Waals surface area contributed by atoms with Gasteiger partial charge >= 0.3 is 0 Å². The number of carbonyl (C=O) groups is 1. The Kier molecular flexibility index (Phi) is 5.77. The van der Waals surface area contributed by atoms with E-state index >= 15 is 0 Å². The van der Waals surface area contributed by atoms with E-state index in [1.165, 1.54) is 12.1 Å². The molecule has 0 saturated heterocycles. The first kappa shape index (κ1) is 20.3. The highest BCUT2D eigenvalue weighted by Gasteiger charge is 2.32. The number of hydrogen-bond acceptors (Lipinski definition) is 3. The van der Waals surface area contributed by atoms with E-state index in [0.29, 0.717) is 34.6 Å². The Morgan fingerprint density at radius 3 is 2.19 bits per heavy atom. The zero-order valence-corrected chi connectivity index (χ0v) is 17.0. The molecule has 0 amide bonds. The van der Waals surface area contributed by atoms with Gasteiger partial charge in [-0.2, -0.15) is 5.26 Å². The second-order valence-corrected chi connectivity index (χ2v) is 7.37. The van der Waals surface area contributed by atoms with Crippen molar-refractivity contribution in [3.8, 4) is 6.07 Å². The van der Waals surface area contributed by atoms with E-state index in [0.717, 1.165) is 11.1 Å². The minimum absolute atomic E-state index is 0.124. The third-order valence-corrected chi connectivity index (χ3v) is 5.43. The fraction of sp³-hybridized carbons (Fsp3) is 0.111. The van der Waals surface area contributed by atoms with Crippen LogP contribution in [0.4, 0.5) is 4.39 Å². The highest BCUT2D eigenvalue weighted by atomic mass is 19.1. The van der Waals surface area contributed by atoms with Crippen LogP contribution in [0.2, 0.25) is 0 Å². The zero-order valence-electron chi connectivity index (χ0n) is 17.0. The molecule has 0 saturated carbocycles. The molecule has 0 fully saturated rings.